The summed E-state index contributed by atoms with van der Waals surface area (Å²) in [5, 5.41) is 3.56. The lowest BCUT2D eigenvalue weighted by atomic mass is 9.84. The van der Waals surface area contributed by atoms with Crippen LogP contribution in [-0.4, -0.2) is 13.1 Å². The molecule has 0 saturated heterocycles. The molecule has 1 N–H and O–H groups in total. The van der Waals surface area contributed by atoms with Gasteiger partial charge in [0.2, 0.25) is 0 Å². The molecule has 1 fully saturated rings. The summed E-state index contributed by atoms with van der Waals surface area (Å²) in [4.78, 5) is 0. The molecule has 0 amide bonds. The number of hydrogen-bond donors (Lipinski definition) is 1. The predicted molar refractivity (Wildman–Crippen MR) is 78.8 cm³/mol. The molecule has 1 saturated carbocycles. The predicted octanol–water partition coefficient (Wildman–Crippen LogP) is 4.35. The van der Waals surface area contributed by atoms with Crippen molar-refractivity contribution < 1.29 is 4.39 Å². The van der Waals surface area contributed by atoms with E-state index in [4.69, 9.17) is 0 Å². The van der Waals surface area contributed by atoms with Crippen molar-refractivity contribution in [3.63, 3.8) is 0 Å². The minimum absolute atomic E-state index is 0.107. The van der Waals surface area contributed by atoms with E-state index in [0.717, 1.165) is 19.0 Å². The molecule has 0 aliphatic heterocycles. The van der Waals surface area contributed by atoms with Gasteiger partial charge in [0.25, 0.3) is 0 Å². The van der Waals surface area contributed by atoms with E-state index < -0.39 is 0 Å². The van der Waals surface area contributed by atoms with Crippen molar-refractivity contribution in [3.8, 4) is 0 Å². The monoisotopic (exact) mass is 263 g/mol. The molecule has 2 heteroatoms. The molecule has 1 unspecified atom stereocenters. The molecule has 0 heterocycles. The van der Waals surface area contributed by atoms with Crippen molar-refractivity contribution in [2.24, 2.45) is 11.8 Å². The molecule has 1 aromatic rings. The molecule has 1 aliphatic rings. The third-order valence-corrected chi connectivity index (χ3v) is 4.16. The van der Waals surface area contributed by atoms with Gasteiger partial charge in [0.1, 0.15) is 5.82 Å². The Bertz CT molecular complexity index is 383. The quantitative estimate of drug-likeness (QED) is 0.805. The third kappa shape index (κ3) is 4.31. The number of rotatable bonds is 6. The van der Waals surface area contributed by atoms with Crippen molar-refractivity contribution in [1.82, 2.24) is 5.32 Å². The van der Waals surface area contributed by atoms with Gasteiger partial charge in [0.05, 0.1) is 0 Å². The molecule has 0 aromatic heterocycles. The second-order valence-electron chi connectivity index (χ2n) is 6.26. The highest BCUT2D eigenvalue weighted by Gasteiger charge is 2.26. The largest absolute Gasteiger partial charge is 0.316 e. The average Bonchev–Trinajstić information content (AvgIpc) is 2.88. The van der Waals surface area contributed by atoms with E-state index in [9.17, 15) is 4.39 Å². The topological polar surface area (TPSA) is 12.0 Å². The summed E-state index contributed by atoms with van der Waals surface area (Å²) in [6.07, 6.45) is 5.26. The van der Waals surface area contributed by atoms with Crippen molar-refractivity contribution in [3.05, 3.63) is 35.6 Å². The lowest BCUT2D eigenvalue weighted by Crippen LogP contribution is -2.28. The molecule has 1 aromatic carbocycles. The zero-order chi connectivity index (χ0) is 13.7. The summed E-state index contributed by atoms with van der Waals surface area (Å²) in [5.74, 6) is 1.75. The molecule has 0 radical (unpaired) electrons. The van der Waals surface area contributed by atoms with E-state index >= 15 is 0 Å². The van der Waals surface area contributed by atoms with Crippen LogP contribution in [0.2, 0.25) is 0 Å². The van der Waals surface area contributed by atoms with Crippen LogP contribution >= 0.6 is 0 Å². The van der Waals surface area contributed by atoms with Gasteiger partial charge < -0.3 is 5.32 Å². The van der Waals surface area contributed by atoms with Crippen LogP contribution in [0.5, 0.6) is 0 Å². The number of halogens is 1. The summed E-state index contributed by atoms with van der Waals surface area (Å²) in [5.41, 5.74) is 1.17. The fraction of sp³-hybridized carbons (Fsp3) is 0.647. The molecule has 0 spiro atoms. The summed E-state index contributed by atoms with van der Waals surface area (Å²) in [6, 6.07) is 7.19. The molecular formula is C17H26FN. The van der Waals surface area contributed by atoms with Crippen LogP contribution in [-0.2, 0) is 0 Å². The first-order valence-corrected chi connectivity index (χ1v) is 7.63. The second kappa shape index (κ2) is 7.04. The highest BCUT2D eigenvalue weighted by Crippen LogP contribution is 2.37. The zero-order valence-electron chi connectivity index (χ0n) is 12.2. The van der Waals surface area contributed by atoms with Crippen molar-refractivity contribution >= 4 is 0 Å². The molecule has 19 heavy (non-hydrogen) atoms. The van der Waals surface area contributed by atoms with Gasteiger partial charge in [-0.25, -0.2) is 4.39 Å². The molecule has 106 valence electrons. The summed E-state index contributed by atoms with van der Waals surface area (Å²) < 4.78 is 13.4. The van der Waals surface area contributed by atoms with E-state index in [1.807, 2.05) is 6.07 Å². The van der Waals surface area contributed by atoms with Crippen LogP contribution in [0.15, 0.2) is 24.3 Å². The maximum atomic E-state index is 13.4. The SMILES string of the molecule is CC(C)CNCC(c1cccc(F)c1)C1CCCC1. The van der Waals surface area contributed by atoms with Gasteiger partial charge in [0, 0.05) is 6.54 Å². The molecule has 1 atom stereocenters. The molecule has 1 aliphatic carbocycles. The Morgan fingerprint density at radius 3 is 2.58 bits per heavy atom. The van der Waals surface area contributed by atoms with Gasteiger partial charge in [-0.3, -0.25) is 0 Å². The first kappa shape index (κ1) is 14.5. The van der Waals surface area contributed by atoms with Crippen molar-refractivity contribution in [2.45, 2.75) is 45.4 Å². The standard InChI is InChI=1S/C17H26FN/c1-13(2)11-19-12-17(14-6-3-4-7-14)15-8-5-9-16(18)10-15/h5,8-10,13-14,17,19H,3-4,6-7,11-12H2,1-2H3. The maximum Gasteiger partial charge on any atom is 0.123 e. The summed E-state index contributed by atoms with van der Waals surface area (Å²) in [7, 11) is 0. The molecule has 2 rings (SSSR count). The van der Waals surface area contributed by atoms with Crippen LogP contribution in [0.25, 0.3) is 0 Å². The fourth-order valence-electron chi connectivity index (χ4n) is 3.18. The Hall–Kier alpha value is -0.890. The zero-order valence-corrected chi connectivity index (χ0v) is 12.2. The third-order valence-electron chi connectivity index (χ3n) is 4.16. The first-order chi connectivity index (χ1) is 9.16. The van der Waals surface area contributed by atoms with Gasteiger partial charge in [-0.05, 0) is 54.8 Å². The van der Waals surface area contributed by atoms with Crippen LogP contribution < -0.4 is 5.32 Å². The summed E-state index contributed by atoms with van der Waals surface area (Å²) >= 11 is 0. The van der Waals surface area contributed by atoms with Crippen LogP contribution in [0.4, 0.5) is 4.39 Å². The van der Waals surface area contributed by atoms with E-state index in [2.05, 4.69) is 25.2 Å². The van der Waals surface area contributed by atoms with Gasteiger partial charge in [-0.15, -0.1) is 0 Å². The smallest absolute Gasteiger partial charge is 0.123 e. The second-order valence-corrected chi connectivity index (χ2v) is 6.26. The Morgan fingerprint density at radius 2 is 1.95 bits per heavy atom. The number of hydrogen-bond acceptors (Lipinski definition) is 1. The van der Waals surface area contributed by atoms with E-state index in [-0.39, 0.29) is 5.82 Å². The lowest BCUT2D eigenvalue weighted by molar-refractivity contribution is 0.399. The Morgan fingerprint density at radius 1 is 1.21 bits per heavy atom. The van der Waals surface area contributed by atoms with Gasteiger partial charge >= 0.3 is 0 Å². The van der Waals surface area contributed by atoms with Gasteiger partial charge in [-0.1, -0.05) is 38.8 Å². The Kier molecular flexibility index (Phi) is 5.38. The fourth-order valence-corrected chi connectivity index (χ4v) is 3.18. The minimum atomic E-state index is -0.107. The van der Waals surface area contributed by atoms with E-state index in [0.29, 0.717) is 11.8 Å². The van der Waals surface area contributed by atoms with Crippen LogP contribution in [0, 0.1) is 17.7 Å². The highest BCUT2D eigenvalue weighted by molar-refractivity contribution is 5.22. The van der Waals surface area contributed by atoms with E-state index in [1.165, 1.54) is 37.3 Å². The maximum absolute atomic E-state index is 13.4. The normalized spacial score (nSPS) is 18.1. The Labute approximate surface area is 116 Å². The molecular weight excluding hydrogens is 237 g/mol. The molecule has 0 bridgehead atoms. The highest BCUT2D eigenvalue weighted by atomic mass is 19.1. The van der Waals surface area contributed by atoms with Crippen LogP contribution in [0.1, 0.15) is 51.0 Å². The van der Waals surface area contributed by atoms with Crippen LogP contribution in [0.3, 0.4) is 0 Å². The minimum Gasteiger partial charge on any atom is -0.316 e. The number of nitrogens with one attached hydrogen (secondary N) is 1. The Balaban J connectivity index is 2.05. The van der Waals surface area contributed by atoms with Gasteiger partial charge in [0.15, 0.2) is 0 Å². The lowest BCUT2D eigenvalue weighted by Gasteiger charge is -2.25. The number of benzene rings is 1. The van der Waals surface area contributed by atoms with E-state index in [1.54, 1.807) is 6.07 Å². The van der Waals surface area contributed by atoms with Crippen molar-refractivity contribution in [1.29, 1.82) is 0 Å². The van der Waals surface area contributed by atoms with Gasteiger partial charge in [-0.2, -0.15) is 0 Å². The molecule has 1 nitrogen and oxygen atoms in total. The average molecular weight is 263 g/mol. The van der Waals surface area contributed by atoms with Crippen molar-refractivity contribution in [2.75, 3.05) is 13.1 Å². The summed E-state index contributed by atoms with van der Waals surface area (Å²) in [6.45, 7) is 6.46. The first-order valence-electron chi connectivity index (χ1n) is 7.63.